The first-order valence-corrected chi connectivity index (χ1v) is 8.41. The molecule has 0 bridgehead atoms. The minimum absolute atomic E-state index is 0.331. The molecular weight excluding hydrogens is 241 g/mol. The molecule has 0 aromatic heterocycles. The van der Waals surface area contributed by atoms with E-state index in [9.17, 15) is 0 Å². The first-order chi connectivity index (χ1) is 9.12. The quantitative estimate of drug-likeness (QED) is 0.593. The van der Waals surface area contributed by atoms with Crippen LogP contribution in [-0.2, 0) is 0 Å². The molecule has 2 nitrogen and oxygen atoms in total. The SMILES string of the molecule is BC(CC)B(BC(C)(C)C(C)C(C)(C)CNC)CNC. The van der Waals surface area contributed by atoms with Gasteiger partial charge in [0.15, 0.2) is 0 Å². The number of nitrogens with one attached hydrogen (secondary N) is 2. The van der Waals surface area contributed by atoms with Crippen molar-refractivity contribution in [1.82, 2.24) is 10.6 Å². The minimum atomic E-state index is 0.331. The predicted octanol–water partition coefficient (Wildman–Crippen LogP) is 1.62. The van der Waals surface area contributed by atoms with Crippen LogP contribution in [0.2, 0.25) is 11.0 Å². The number of hydrogen-bond acceptors (Lipinski definition) is 2. The van der Waals surface area contributed by atoms with E-state index in [0.717, 1.165) is 25.3 Å². The zero-order valence-corrected chi connectivity index (χ0v) is 15.6. The summed E-state index contributed by atoms with van der Waals surface area (Å²) in [5.74, 6) is 0.686. The lowest BCUT2D eigenvalue weighted by Gasteiger charge is -2.44. The third-order valence-corrected chi connectivity index (χ3v) is 5.68. The van der Waals surface area contributed by atoms with E-state index in [0.29, 0.717) is 16.6 Å². The van der Waals surface area contributed by atoms with Crippen LogP contribution in [0.4, 0.5) is 0 Å². The highest BCUT2D eigenvalue weighted by atomic mass is 14.8. The Kier molecular flexibility index (Phi) is 8.58. The highest BCUT2D eigenvalue weighted by molar-refractivity contribution is 7.16. The lowest BCUT2D eigenvalue weighted by atomic mass is 9.08. The maximum atomic E-state index is 3.40. The van der Waals surface area contributed by atoms with Crippen LogP contribution in [0.25, 0.3) is 0 Å². The molecule has 0 aromatic rings. The van der Waals surface area contributed by atoms with Crippen LogP contribution in [0, 0.1) is 11.3 Å². The van der Waals surface area contributed by atoms with Gasteiger partial charge in [-0.15, -0.1) is 0 Å². The van der Waals surface area contributed by atoms with Crippen LogP contribution in [0.5, 0.6) is 0 Å². The average Bonchev–Trinajstić information content (AvgIpc) is 2.36. The summed E-state index contributed by atoms with van der Waals surface area (Å²) >= 11 is 0. The van der Waals surface area contributed by atoms with Crippen molar-refractivity contribution in [1.29, 1.82) is 0 Å². The van der Waals surface area contributed by atoms with Gasteiger partial charge in [-0.05, 0) is 31.9 Å². The molecule has 2 N–H and O–H groups in total. The Hall–Kier alpha value is 0.115. The predicted molar refractivity (Wildman–Crippen MR) is 100 cm³/mol. The molecule has 0 radical (unpaired) electrons. The van der Waals surface area contributed by atoms with Crippen molar-refractivity contribution in [3.8, 4) is 0 Å². The molecule has 2 atom stereocenters. The topological polar surface area (TPSA) is 24.1 Å². The molecule has 0 aromatic carbocycles. The van der Waals surface area contributed by atoms with Crippen LogP contribution in [0.3, 0.4) is 0 Å². The molecule has 0 heterocycles. The second-order valence-electron chi connectivity index (χ2n) is 8.14. The van der Waals surface area contributed by atoms with Crippen molar-refractivity contribution < 1.29 is 0 Å². The Labute approximate surface area is 130 Å². The maximum absolute atomic E-state index is 3.40. The summed E-state index contributed by atoms with van der Waals surface area (Å²) in [5, 5.41) is 7.12. The molecule has 0 fully saturated rings. The Morgan fingerprint density at radius 1 is 1.15 bits per heavy atom. The van der Waals surface area contributed by atoms with Gasteiger partial charge in [0.1, 0.15) is 6.60 Å². The molecule has 116 valence electrons. The van der Waals surface area contributed by atoms with Crippen LogP contribution in [0.15, 0.2) is 0 Å². The van der Waals surface area contributed by atoms with Crippen molar-refractivity contribution in [2.75, 3.05) is 27.1 Å². The minimum Gasteiger partial charge on any atom is -0.328 e. The van der Waals surface area contributed by atoms with Crippen molar-refractivity contribution in [3.05, 3.63) is 0 Å². The van der Waals surface area contributed by atoms with Crippen molar-refractivity contribution in [2.24, 2.45) is 11.3 Å². The van der Waals surface area contributed by atoms with E-state index in [1.165, 1.54) is 13.6 Å². The van der Waals surface area contributed by atoms with E-state index in [1.54, 1.807) is 0 Å². The molecule has 0 saturated heterocycles. The van der Waals surface area contributed by atoms with E-state index < -0.39 is 0 Å². The standard InChI is InChI=1S/C15H37B3N2/c1-9-13(16)18(11-20-8)17-15(5,6)12(2)14(3,4)10-19-7/h12-13,17,19-20H,9-11,16H2,1-8H3. The normalized spacial score (nSPS) is 15.8. The zero-order valence-electron chi connectivity index (χ0n) is 15.6. The van der Waals surface area contributed by atoms with Gasteiger partial charge in [-0.1, -0.05) is 59.0 Å². The second-order valence-corrected chi connectivity index (χ2v) is 8.14. The van der Waals surface area contributed by atoms with E-state index in [-0.39, 0.29) is 0 Å². The van der Waals surface area contributed by atoms with E-state index >= 15 is 0 Å². The van der Waals surface area contributed by atoms with E-state index in [2.05, 4.69) is 74.1 Å². The summed E-state index contributed by atoms with van der Waals surface area (Å²) in [6.07, 6.45) is 2.41. The zero-order chi connectivity index (χ0) is 16.0. The van der Waals surface area contributed by atoms with Gasteiger partial charge in [-0.25, -0.2) is 0 Å². The smallest absolute Gasteiger partial charge is 0.118 e. The van der Waals surface area contributed by atoms with Crippen molar-refractivity contribution in [3.63, 3.8) is 0 Å². The molecule has 0 rings (SSSR count). The molecule has 0 saturated carbocycles. The first kappa shape index (κ1) is 20.1. The van der Waals surface area contributed by atoms with Crippen molar-refractivity contribution >= 4 is 21.6 Å². The first-order valence-electron chi connectivity index (χ1n) is 8.41. The molecule has 20 heavy (non-hydrogen) atoms. The molecule has 0 amide bonds. The number of hydrogen-bond donors (Lipinski definition) is 2. The fourth-order valence-electron chi connectivity index (χ4n) is 3.59. The van der Waals surface area contributed by atoms with Gasteiger partial charge in [-0.2, -0.15) is 0 Å². The molecule has 0 spiro atoms. The summed E-state index contributed by atoms with van der Waals surface area (Å²) in [6, 6.07) is 0. The fraction of sp³-hybridized carbons (Fsp3) is 1.00. The lowest BCUT2D eigenvalue weighted by molar-refractivity contribution is 0.182. The molecule has 2 unspecified atom stereocenters. The molecular formula is C15H37B3N2. The highest BCUT2D eigenvalue weighted by Crippen LogP contribution is 2.45. The third kappa shape index (κ3) is 5.85. The molecule has 0 aliphatic rings. The van der Waals surface area contributed by atoms with Crippen LogP contribution < -0.4 is 10.6 Å². The Morgan fingerprint density at radius 3 is 2.10 bits per heavy atom. The van der Waals surface area contributed by atoms with Gasteiger partial charge in [-0.3, -0.25) is 0 Å². The Bertz CT molecular complexity index is 270. The van der Waals surface area contributed by atoms with Gasteiger partial charge >= 0.3 is 0 Å². The highest BCUT2D eigenvalue weighted by Gasteiger charge is 2.40. The van der Waals surface area contributed by atoms with Crippen LogP contribution in [-0.4, -0.2) is 48.7 Å². The summed E-state index contributed by atoms with van der Waals surface area (Å²) in [4.78, 5) is 0. The third-order valence-electron chi connectivity index (χ3n) is 5.68. The van der Waals surface area contributed by atoms with Gasteiger partial charge in [0.05, 0.1) is 15.0 Å². The van der Waals surface area contributed by atoms with E-state index in [4.69, 9.17) is 0 Å². The van der Waals surface area contributed by atoms with Gasteiger partial charge in [0.2, 0.25) is 0 Å². The summed E-state index contributed by atoms with van der Waals surface area (Å²) < 4.78 is 0. The summed E-state index contributed by atoms with van der Waals surface area (Å²) in [7, 11) is 7.85. The van der Waals surface area contributed by atoms with Crippen LogP contribution >= 0.6 is 0 Å². The van der Waals surface area contributed by atoms with Gasteiger partial charge in [0.25, 0.3) is 0 Å². The molecule has 0 aliphatic heterocycles. The van der Waals surface area contributed by atoms with E-state index in [1.807, 2.05) is 0 Å². The average molecular weight is 278 g/mol. The summed E-state index contributed by atoms with van der Waals surface area (Å²) in [6.45, 7) is 16.3. The largest absolute Gasteiger partial charge is 0.328 e. The number of rotatable bonds is 10. The lowest BCUT2D eigenvalue weighted by Crippen LogP contribution is -2.47. The van der Waals surface area contributed by atoms with Crippen molar-refractivity contribution in [2.45, 2.75) is 59.0 Å². The monoisotopic (exact) mass is 278 g/mol. The Morgan fingerprint density at radius 2 is 1.70 bits per heavy atom. The second kappa shape index (κ2) is 8.53. The van der Waals surface area contributed by atoms with Crippen LogP contribution in [0.1, 0.15) is 48.0 Å². The summed E-state index contributed by atoms with van der Waals surface area (Å²) in [5.41, 5.74) is 1.12. The maximum Gasteiger partial charge on any atom is 0.118 e. The van der Waals surface area contributed by atoms with Gasteiger partial charge in [0, 0.05) is 6.54 Å². The molecule has 0 aliphatic carbocycles. The van der Waals surface area contributed by atoms with Gasteiger partial charge < -0.3 is 10.6 Å². The fourth-order valence-corrected chi connectivity index (χ4v) is 3.59. The molecule has 5 heteroatoms. The Balaban J connectivity index is 4.91.